The highest BCUT2D eigenvalue weighted by Gasteiger charge is 2.23. The Balaban J connectivity index is 1.91. The van der Waals surface area contributed by atoms with E-state index in [0.717, 1.165) is 22.1 Å². The molecule has 0 spiro atoms. The van der Waals surface area contributed by atoms with Gasteiger partial charge in [-0.3, -0.25) is 0 Å². The first-order valence-electron chi connectivity index (χ1n) is 8.95. The van der Waals surface area contributed by atoms with E-state index in [0.29, 0.717) is 10.4 Å². The fourth-order valence-corrected chi connectivity index (χ4v) is 4.84. The third kappa shape index (κ3) is 3.06. The van der Waals surface area contributed by atoms with Gasteiger partial charge in [-0.2, -0.15) is 0 Å². The molecule has 0 N–H and O–H groups in total. The molecule has 0 saturated carbocycles. The Morgan fingerprint density at radius 2 is 1.44 bits per heavy atom. The fourth-order valence-electron chi connectivity index (χ4n) is 3.46. The van der Waals surface area contributed by atoms with E-state index in [1.54, 1.807) is 18.3 Å². The Morgan fingerprint density at radius 1 is 0.815 bits per heavy atom. The van der Waals surface area contributed by atoms with Crippen molar-refractivity contribution < 1.29 is 8.42 Å². The Kier molecular flexibility index (Phi) is 4.36. The number of nitrogens with zero attached hydrogens (tertiary/aromatic N) is 1. The van der Waals surface area contributed by atoms with Gasteiger partial charge in [0, 0.05) is 17.5 Å². The Labute approximate surface area is 160 Å². The van der Waals surface area contributed by atoms with E-state index >= 15 is 0 Å². The fraction of sp³-hybridized carbons (Fsp3) is 0.130. The zero-order valence-electron chi connectivity index (χ0n) is 15.3. The van der Waals surface area contributed by atoms with Gasteiger partial charge in [0.15, 0.2) is 0 Å². The van der Waals surface area contributed by atoms with Gasteiger partial charge in [-0.25, -0.2) is 12.4 Å². The molecule has 0 aliphatic rings. The van der Waals surface area contributed by atoms with Crippen LogP contribution in [0.25, 0.3) is 10.9 Å². The molecule has 3 aromatic carbocycles. The molecular weight excluding hydrogens is 354 g/mol. The van der Waals surface area contributed by atoms with Crippen LogP contribution in [0.3, 0.4) is 0 Å². The van der Waals surface area contributed by atoms with Crippen LogP contribution < -0.4 is 0 Å². The second kappa shape index (κ2) is 6.71. The largest absolute Gasteiger partial charge is 0.268 e. The van der Waals surface area contributed by atoms with Crippen LogP contribution in [0.4, 0.5) is 0 Å². The van der Waals surface area contributed by atoms with Crippen molar-refractivity contribution >= 4 is 20.9 Å². The minimum absolute atomic E-state index is 0.0885. The van der Waals surface area contributed by atoms with Crippen LogP contribution in [0, 0.1) is 6.92 Å². The zero-order valence-corrected chi connectivity index (χ0v) is 16.1. The highest BCUT2D eigenvalue weighted by Crippen LogP contribution is 2.33. The molecule has 0 aliphatic carbocycles. The zero-order chi connectivity index (χ0) is 19.0. The van der Waals surface area contributed by atoms with Gasteiger partial charge in [-0.05, 0) is 36.2 Å². The van der Waals surface area contributed by atoms with Gasteiger partial charge in [-0.1, -0.05) is 73.2 Å². The van der Waals surface area contributed by atoms with Crippen LogP contribution in [-0.2, 0) is 10.0 Å². The Bertz CT molecular complexity index is 1190. The lowest BCUT2D eigenvalue weighted by molar-refractivity contribution is 0.589. The van der Waals surface area contributed by atoms with Crippen molar-refractivity contribution in [3.63, 3.8) is 0 Å². The summed E-state index contributed by atoms with van der Waals surface area (Å²) in [6.45, 7) is 4.06. The first-order valence-corrected chi connectivity index (χ1v) is 10.4. The molecule has 3 nitrogen and oxygen atoms in total. The summed E-state index contributed by atoms with van der Waals surface area (Å²) in [4.78, 5) is 0.299. The highest BCUT2D eigenvalue weighted by molar-refractivity contribution is 7.90. The molecule has 27 heavy (non-hydrogen) atoms. The van der Waals surface area contributed by atoms with Crippen LogP contribution in [0.5, 0.6) is 0 Å². The third-order valence-corrected chi connectivity index (χ3v) is 6.74. The van der Waals surface area contributed by atoms with Crippen molar-refractivity contribution in [3.8, 4) is 0 Å². The number of aromatic nitrogens is 1. The van der Waals surface area contributed by atoms with Gasteiger partial charge in [-0.15, -0.1) is 0 Å². The van der Waals surface area contributed by atoms with Crippen molar-refractivity contribution in [2.45, 2.75) is 24.7 Å². The lowest BCUT2D eigenvalue weighted by Gasteiger charge is -2.11. The van der Waals surface area contributed by atoms with Crippen molar-refractivity contribution in [2.24, 2.45) is 0 Å². The quantitative estimate of drug-likeness (QED) is 0.483. The van der Waals surface area contributed by atoms with Crippen LogP contribution in [0.2, 0.25) is 0 Å². The summed E-state index contributed by atoms with van der Waals surface area (Å²) in [6.07, 6.45) is 1.78. The van der Waals surface area contributed by atoms with Gasteiger partial charge >= 0.3 is 0 Å². The molecule has 136 valence electrons. The van der Waals surface area contributed by atoms with Gasteiger partial charge in [0.05, 0.1) is 10.4 Å². The molecule has 0 bridgehead atoms. The van der Waals surface area contributed by atoms with Crippen molar-refractivity contribution in [1.29, 1.82) is 0 Å². The van der Waals surface area contributed by atoms with E-state index in [9.17, 15) is 8.42 Å². The predicted octanol–water partition coefficient (Wildman–Crippen LogP) is 5.34. The van der Waals surface area contributed by atoms with Gasteiger partial charge in [0.2, 0.25) is 0 Å². The minimum Gasteiger partial charge on any atom is -0.241 e. The average Bonchev–Trinajstić information content (AvgIpc) is 3.09. The van der Waals surface area contributed by atoms with E-state index in [4.69, 9.17) is 0 Å². The number of hydrogen-bond acceptors (Lipinski definition) is 2. The molecule has 0 saturated heterocycles. The third-order valence-electron chi connectivity index (χ3n) is 5.05. The molecule has 1 aromatic heterocycles. The molecule has 1 heterocycles. The standard InChI is InChI=1S/C23H21NO2S/c1-17-12-14-20(15-13-17)27(25,26)24-16-22(21-10-6-7-11-23(21)24)18(2)19-8-4-3-5-9-19/h3-16,18H,1-2H3. The van der Waals surface area contributed by atoms with E-state index < -0.39 is 10.0 Å². The number of fused-ring (bicyclic) bond motifs is 1. The van der Waals surface area contributed by atoms with Crippen molar-refractivity contribution in [3.05, 3.63) is 102 Å². The molecule has 0 amide bonds. The summed E-state index contributed by atoms with van der Waals surface area (Å²) >= 11 is 0. The molecule has 1 unspecified atom stereocenters. The molecule has 0 aliphatic heterocycles. The molecular formula is C23H21NO2S. The predicted molar refractivity (Wildman–Crippen MR) is 110 cm³/mol. The average molecular weight is 375 g/mol. The van der Waals surface area contributed by atoms with Crippen molar-refractivity contribution in [2.75, 3.05) is 0 Å². The minimum atomic E-state index is -3.66. The first kappa shape index (κ1) is 17.6. The highest BCUT2D eigenvalue weighted by atomic mass is 32.2. The number of benzene rings is 3. The number of para-hydroxylation sites is 1. The van der Waals surface area contributed by atoms with E-state index in [-0.39, 0.29) is 5.92 Å². The lowest BCUT2D eigenvalue weighted by atomic mass is 9.93. The van der Waals surface area contributed by atoms with Crippen LogP contribution in [0.15, 0.2) is 90.0 Å². The number of rotatable bonds is 4. The van der Waals surface area contributed by atoms with E-state index in [1.165, 1.54) is 3.97 Å². The smallest absolute Gasteiger partial charge is 0.241 e. The topological polar surface area (TPSA) is 39.1 Å². The maximum absolute atomic E-state index is 13.3. The molecule has 4 aromatic rings. The Morgan fingerprint density at radius 3 is 2.15 bits per heavy atom. The summed E-state index contributed by atoms with van der Waals surface area (Å²) in [5, 5.41) is 0.963. The lowest BCUT2D eigenvalue weighted by Crippen LogP contribution is -2.11. The normalized spacial score (nSPS) is 13.0. The van der Waals surface area contributed by atoms with Crippen LogP contribution >= 0.6 is 0 Å². The van der Waals surface area contributed by atoms with Crippen LogP contribution in [0.1, 0.15) is 29.5 Å². The summed E-state index contributed by atoms with van der Waals surface area (Å²) < 4.78 is 28.0. The summed E-state index contributed by atoms with van der Waals surface area (Å²) in [5.41, 5.74) is 3.90. The summed E-state index contributed by atoms with van der Waals surface area (Å²) in [7, 11) is -3.66. The number of hydrogen-bond donors (Lipinski definition) is 0. The summed E-state index contributed by atoms with van der Waals surface area (Å²) in [5.74, 6) is 0.0885. The maximum atomic E-state index is 13.3. The van der Waals surface area contributed by atoms with Gasteiger partial charge in [0.25, 0.3) is 10.0 Å². The first-order chi connectivity index (χ1) is 13.0. The van der Waals surface area contributed by atoms with Gasteiger partial charge in [0.1, 0.15) is 0 Å². The molecule has 0 radical (unpaired) electrons. The second-order valence-corrected chi connectivity index (χ2v) is 8.66. The maximum Gasteiger partial charge on any atom is 0.268 e. The second-order valence-electron chi connectivity index (χ2n) is 6.85. The monoisotopic (exact) mass is 375 g/mol. The van der Waals surface area contributed by atoms with E-state index in [2.05, 4.69) is 19.1 Å². The molecule has 4 heteroatoms. The number of aryl methyl sites for hydroxylation is 1. The Hall–Kier alpha value is -2.85. The SMILES string of the molecule is Cc1ccc(S(=O)(=O)n2cc(C(C)c3ccccc3)c3ccccc32)cc1. The molecule has 1 atom stereocenters. The summed E-state index contributed by atoms with van der Waals surface area (Å²) in [6, 6.07) is 24.8. The molecule has 0 fully saturated rings. The van der Waals surface area contributed by atoms with E-state index in [1.807, 2.05) is 61.5 Å². The van der Waals surface area contributed by atoms with Crippen LogP contribution in [-0.4, -0.2) is 12.4 Å². The van der Waals surface area contributed by atoms with Crippen molar-refractivity contribution in [1.82, 2.24) is 3.97 Å². The molecule has 4 rings (SSSR count). The van der Waals surface area contributed by atoms with Gasteiger partial charge < -0.3 is 0 Å².